The quantitative estimate of drug-likeness (QED) is 0.142. The number of hydrogen-bond donors (Lipinski definition) is 0. The van der Waals surface area contributed by atoms with Crippen LogP contribution in [0.25, 0.3) is 0 Å². The minimum absolute atomic E-state index is 0. The van der Waals surface area contributed by atoms with Crippen LogP contribution in [0.1, 0.15) is 152 Å². The van der Waals surface area contributed by atoms with E-state index < -0.39 is 0 Å². The maximum Gasteiger partial charge on any atom is 0.0142 e. The van der Waals surface area contributed by atoms with Crippen molar-refractivity contribution in [3.63, 3.8) is 0 Å². The summed E-state index contributed by atoms with van der Waals surface area (Å²) in [6.45, 7) is 28.1. The van der Waals surface area contributed by atoms with Gasteiger partial charge in [-0.25, -0.2) is 0 Å². The van der Waals surface area contributed by atoms with E-state index in [0.29, 0.717) is 35.5 Å². The molecule has 200 valence electrons. The molecule has 2 aromatic rings. The normalized spacial score (nSPS) is 12.1. The summed E-state index contributed by atoms with van der Waals surface area (Å²) in [6.07, 6.45) is 0. The Morgan fingerprint density at radius 3 is 0.829 bits per heavy atom. The van der Waals surface area contributed by atoms with Crippen LogP contribution in [0.5, 0.6) is 0 Å². The molecule has 0 heterocycles. The molecule has 0 bridgehead atoms. The van der Waals surface area contributed by atoms with E-state index in [4.69, 9.17) is 0 Å². The molecule has 2 rings (SSSR count). The second-order valence-corrected chi connectivity index (χ2v) is 13.9. The van der Waals surface area contributed by atoms with Crippen LogP contribution in [-0.4, -0.2) is 11.5 Å². The second-order valence-electron chi connectivity index (χ2n) is 11.7. The molecule has 0 N–H and O–H groups in total. The van der Waals surface area contributed by atoms with E-state index in [1.807, 2.05) is 0 Å². The van der Waals surface area contributed by atoms with E-state index in [-0.39, 0.29) is 20.4 Å². The fraction of sp³-hybridized carbons (Fsp3) is 0.625. The fourth-order valence-electron chi connectivity index (χ4n) is 4.40. The van der Waals surface area contributed by atoms with E-state index in [1.165, 1.54) is 33.4 Å². The Hall–Kier alpha value is -0.198. The third-order valence-electron chi connectivity index (χ3n) is 6.73. The van der Waals surface area contributed by atoms with Crippen LogP contribution in [0.4, 0.5) is 0 Å². The molecular weight excluding hydrogens is 555 g/mol. The topological polar surface area (TPSA) is 0 Å². The van der Waals surface area contributed by atoms with Crippen molar-refractivity contribution >= 4 is 23.5 Å². The molecule has 0 saturated carbocycles. The molecule has 0 spiro atoms. The van der Waals surface area contributed by atoms with Gasteiger partial charge in [-0.3, -0.25) is 0 Å². The van der Waals surface area contributed by atoms with Crippen LogP contribution >= 0.6 is 23.5 Å². The van der Waals surface area contributed by atoms with E-state index in [9.17, 15) is 0 Å². The van der Waals surface area contributed by atoms with Gasteiger partial charge in [0.1, 0.15) is 0 Å². The van der Waals surface area contributed by atoms with Gasteiger partial charge in [0.05, 0.1) is 0 Å². The molecule has 0 radical (unpaired) electrons. The van der Waals surface area contributed by atoms with Gasteiger partial charge in [0.15, 0.2) is 0 Å². The average Bonchev–Trinajstić information content (AvgIpc) is 2.75. The molecule has 0 aliphatic rings. The van der Waals surface area contributed by atoms with Crippen molar-refractivity contribution in [2.75, 3.05) is 11.5 Å². The second kappa shape index (κ2) is 14.7. The molecule has 0 atom stereocenters. The Kier molecular flexibility index (Phi) is 13.8. The SMILES string of the molecule is CC(C)c1cc(C(C)C)c(SCCSc2c(C(C)C)cc(C(C)C)cc2C(C)C)c(C(C)C)c1.[Pd]. The van der Waals surface area contributed by atoms with Crippen molar-refractivity contribution in [3.05, 3.63) is 57.6 Å². The summed E-state index contributed by atoms with van der Waals surface area (Å²) in [6, 6.07) is 9.92. The summed E-state index contributed by atoms with van der Waals surface area (Å²) >= 11 is 4.17. The number of rotatable bonds is 11. The van der Waals surface area contributed by atoms with Crippen molar-refractivity contribution < 1.29 is 20.4 Å². The van der Waals surface area contributed by atoms with Crippen LogP contribution in [-0.2, 0) is 20.4 Å². The molecule has 0 fully saturated rings. The van der Waals surface area contributed by atoms with Crippen molar-refractivity contribution in [1.82, 2.24) is 0 Å². The van der Waals surface area contributed by atoms with Gasteiger partial charge in [-0.05, 0) is 68.9 Å². The van der Waals surface area contributed by atoms with Crippen LogP contribution < -0.4 is 0 Å². The molecule has 2 aromatic carbocycles. The molecule has 0 unspecified atom stereocenters. The van der Waals surface area contributed by atoms with Crippen LogP contribution in [0.2, 0.25) is 0 Å². The van der Waals surface area contributed by atoms with E-state index in [0.717, 1.165) is 11.5 Å². The van der Waals surface area contributed by atoms with Crippen LogP contribution in [0.15, 0.2) is 34.1 Å². The zero-order valence-corrected chi connectivity index (χ0v) is 27.5. The van der Waals surface area contributed by atoms with Gasteiger partial charge in [-0.2, -0.15) is 0 Å². The summed E-state index contributed by atoms with van der Waals surface area (Å²) in [5.74, 6) is 5.64. The first-order chi connectivity index (χ1) is 15.8. The van der Waals surface area contributed by atoms with Crippen molar-refractivity contribution in [2.24, 2.45) is 0 Å². The fourth-order valence-corrected chi connectivity index (χ4v) is 7.32. The monoisotopic (exact) mass is 604 g/mol. The third-order valence-corrected chi connectivity index (χ3v) is 9.33. The third kappa shape index (κ3) is 8.67. The van der Waals surface area contributed by atoms with E-state index in [2.05, 4.69) is 131 Å². The minimum atomic E-state index is 0. The number of benzene rings is 2. The smallest absolute Gasteiger partial charge is 0.0142 e. The van der Waals surface area contributed by atoms with Crippen molar-refractivity contribution in [3.8, 4) is 0 Å². The molecular formula is C32H50PdS2. The molecule has 0 aromatic heterocycles. The van der Waals surface area contributed by atoms with Crippen molar-refractivity contribution in [2.45, 2.75) is 128 Å². The zero-order chi connectivity index (χ0) is 25.7. The molecule has 0 aliphatic heterocycles. The van der Waals surface area contributed by atoms with Crippen molar-refractivity contribution in [1.29, 1.82) is 0 Å². The van der Waals surface area contributed by atoms with Gasteiger partial charge < -0.3 is 0 Å². The molecule has 0 amide bonds. The van der Waals surface area contributed by atoms with Crippen LogP contribution in [0, 0.1) is 0 Å². The first-order valence-electron chi connectivity index (χ1n) is 13.5. The molecule has 0 saturated heterocycles. The average molecular weight is 605 g/mol. The predicted octanol–water partition coefficient (Wildman–Crippen LogP) is 11.3. The minimum Gasteiger partial charge on any atom is -0.125 e. The van der Waals surface area contributed by atoms with E-state index in [1.54, 1.807) is 9.79 Å². The Bertz CT molecular complexity index is 803. The van der Waals surface area contributed by atoms with Gasteiger partial charge in [-0.15, -0.1) is 23.5 Å². The maximum absolute atomic E-state index is 2.48. The summed E-state index contributed by atoms with van der Waals surface area (Å²) < 4.78 is 0. The Morgan fingerprint density at radius 2 is 0.657 bits per heavy atom. The van der Waals surface area contributed by atoms with E-state index >= 15 is 0 Å². The zero-order valence-electron chi connectivity index (χ0n) is 24.3. The molecule has 0 nitrogen and oxygen atoms in total. The summed E-state index contributed by atoms with van der Waals surface area (Å²) in [7, 11) is 0. The number of thioether (sulfide) groups is 2. The summed E-state index contributed by atoms with van der Waals surface area (Å²) in [5, 5.41) is 0. The molecule has 0 aliphatic carbocycles. The first kappa shape index (κ1) is 32.8. The van der Waals surface area contributed by atoms with Gasteiger partial charge in [-0.1, -0.05) is 107 Å². The first-order valence-corrected chi connectivity index (χ1v) is 15.4. The largest absolute Gasteiger partial charge is 0.125 e. The standard InChI is InChI=1S/C32H50S2.Pd/c1-19(2)25-15-27(21(5)6)31(28(16-25)22(7)8)33-13-14-34-32-29(23(9)10)17-26(20(3)4)18-30(32)24(11)12;/h15-24H,13-14H2,1-12H3;. The number of hydrogen-bond acceptors (Lipinski definition) is 2. The summed E-state index contributed by atoms with van der Waals surface area (Å²) in [5.41, 5.74) is 9.13. The molecule has 35 heavy (non-hydrogen) atoms. The predicted molar refractivity (Wildman–Crippen MR) is 159 cm³/mol. The van der Waals surface area contributed by atoms with Crippen LogP contribution in [0.3, 0.4) is 0 Å². The Labute approximate surface area is 240 Å². The summed E-state index contributed by atoms with van der Waals surface area (Å²) in [4.78, 5) is 3.08. The van der Waals surface area contributed by atoms with Gasteiger partial charge in [0.2, 0.25) is 0 Å². The maximum atomic E-state index is 2.48. The van der Waals surface area contributed by atoms with Gasteiger partial charge >= 0.3 is 0 Å². The molecule has 3 heteroatoms. The Balaban J connectivity index is 0.00000612. The van der Waals surface area contributed by atoms with Gasteiger partial charge in [0, 0.05) is 41.7 Å². The van der Waals surface area contributed by atoms with Gasteiger partial charge in [0.25, 0.3) is 0 Å². The Morgan fingerprint density at radius 1 is 0.429 bits per heavy atom.